The molecule has 0 amide bonds. The van der Waals surface area contributed by atoms with Crippen molar-refractivity contribution in [2.24, 2.45) is 11.8 Å². The molecule has 2 heterocycles. The van der Waals surface area contributed by atoms with Crippen molar-refractivity contribution in [1.29, 1.82) is 0 Å². The highest BCUT2D eigenvalue weighted by Crippen LogP contribution is 2.31. The molecular weight excluding hydrogens is 358 g/mol. The Morgan fingerprint density at radius 3 is 2.60 bits per heavy atom. The Kier molecular flexibility index (Phi) is 6.17. The Bertz CT molecular complexity index is 663. The average Bonchev–Trinajstić information content (AvgIpc) is 3.18. The molecule has 7 heteroatoms. The molecule has 3 rings (SSSR count). The van der Waals surface area contributed by atoms with E-state index in [4.69, 9.17) is 4.74 Å². The Balaban J connectivity index is 1.54. The van der Waals surface area contributed by atoms with Gasteiger partial charge in [-0.3, -0.25) is 4.79 Å². The number of ether oxygens (including phenoxy) is 1. The van der Waals surface area contributed by atoms with E-state index in [9.17, 15) is 13.2 Å². The number of piperidine rings is 1. The van der Waals surface area contributed by atoms with Gasteiger partial charge in [0, 0.05) is 13.1 Å². The number of rotatable bonds is 5. The van der Waals surface area contributed by atoms with Gasteiger partial charge in [-0.05, 0) is 55.9 Å². The van der Waals surface area contributed by atoms with Crippen LogP contribution in [0.15, 0.2) is 21.7 Å². The predicted octanol–water partition coefficient (Wildman–Crippen LogP) is 3.66. The molecule has 0 aromatic carbocycles. The lowest BCUT2D eigenvalue weighted by molar-refractivity contribution is -0.160. The normalized spacial score (nSPS) is 26.4. The van der Waals surface area contributed by atoms with Crippen LogP contribution in [0, 0.1) is 11.8 Å². The summed E-state index contributed by atoms with van der Waals surface area (Å²) in [5.74, 6) is 0.185. The van der Waals surface area contributed by atoms with E-state index < -0.39 is 10.0 Å². The van der Waals surface area contributed by atoms with E-state index >= 15 is 0 Å². The summed E-state index contributed by atoms with van der Waals surface area (Å²) in [6.45, 7) is 2.94. The molecule has 140 valence electrons. The van der Waals surface area contributed by atoms with Gasteiger partial charge in [0.2, 0.25) is 0 Å². The zero-order chi connectivity index (χ0) is 17.9. The summed E-state index contributed by atoms with van der Waals surface area (Å²) in [6, 6.07) is 3.38. The van der Waals surface area contributed by atoms with Gasteiger partial charge in [-0.1, -0.05) is 19.4 Å². The summed E-state index contributed by atoms with van der Waals surface area (Å²) in [5, 5.41) is 1.77. The van der Waals surface area contributed by atoms with E-state index in [0.29, 0.717) is 36.1 Å². The molecule has 2 fully saturated rings. The summed E-state index contributed by atoms with van der Waals surface area (Å²) in [4.78, 5) is 12.5. The van der Waals surface area contributed by atoms with Crippen LogP contribution >= 0.6 is 11.3 Å². The Labute approximate surface area is 154 Å². The first-order valence-electron chi connectivity index (χ1n) is 9.26. The average molecular weight is 386 g/mol. The first-order valence-corrected chi connectivity index (χ1v) is 11.6. The quantitative estimate of drug-likeness (QED) is 0.726. The fourth-order valence-corrected chi connectivity index (χ4v) is 6.52. The Morgan fingerprint density at radius 2 is 1.96 bits per heavy atom. The van der Waals surface area contributed by atoms with Crippen molar-refractivity contribution in [3.8, 4) is 0 Å². The maximum absolute atomic E-state index is 12.5. The van der Waals surface area contributed by atoms with Crippen molar-refractivity contribution in [2.75, 3.05) is 13.1 Å². The van der Waals surface area contributed by atoms with Crippen LogP contribution in [0.25, 0.3) is 0 Å². The first kappa shape index (κ1) is 18.9. The molecule has 0 N–H and O–H groups in total. The smallest absolute Gasteiger partial charge is 0.309 e. The molecular formula is C18H27NO4S2. The second-order valence-electron chi connectivity index (χ2n) is 7.04. The molecule has 1 aliphatic carbocycles. The van der Waals surface area contributed by atoms with Gasteiger partial charge in [0.15, 0.2) is 0 Å². The van der Waals surface area contributed by atoms with Crippen LogP contribution in [0.3, 0.4) is 0 Å². The third-order valence-corrected chi connectivity index (χ3v) is 8.78. The van der Waals surface area contributed by atoms with Crippen molar-refractivity contribution in [2.45, 2.75) is 62.2 Å². The number of carbonyl (C=O) groups excluding carboxylic acids is 1. The highest BCUT2D eigenvalue weighted by molar-refractivity contribution is 7.91. The Hall–Kier alpha value is -0.920. The summed E-state index contributed by atoms with van der Waals surface area (Å²) < 4.78 is 32.8. The predicted molar refractivity (Wildman–Crippen MR) is 97.9 cm³/mol. The molecule has 1 aromatic rings. The largest absolute Gasteiger partial charge is 0.462 e. The highest BCUT2D eigenvalue weighted by atomic mass is 32.2. The van der Waals surface area contributed by atoms with Gasteiger partial charge in [-0.25, -0.2) is 8.42 Å². The van der Waals surface area contributed by atoms with Crippen molar-refractivity contribution in [3.05, 3.63) is 17.5 Å². The maximum atomic E-state index is 12.5. The molecule has 0 bridgehead atoms. The number of hydrogen-bond acceptors (Lipinski definition) is 5. The number of hydrogen-bond donors (Lipinski definition) is 0. The minimum Gasteiger partial charge on any atom is -0.462 e. The Morgan fingerprint density at radius 1 is 1.24 bits per heavy atom. The van der Waals surface area contributed by atoms with Crippen LogP contribution in [-0.2, 0) is 19.6 Å². The SMILES string of the molecule is CCC1CCCCC1OC(=O)C1CCN(S(=O)(=O)c2cccs2)CC1. The fraction of sp³-hybridized carbons (Fsp3) is 0.722. The molecule has 1 aromatic heterocycles. The second-order valence-corrected chi connectivity index (χ2v) is 10.2. The molecule has 1 aliphatic heterocycles. The van der Waals surface area contributed by atoms with E-state index in [1.807, 2.05) is 0 Å². The number of nitrogens with zero attached hydrogens (tertiary/aromatic N) is 1. The van der Waals surface area contributed by atoms with Gasteiger partial charge in [0.1, 0.15) is 10.3 Å². The van der Waals surface area contributed by atoms with Crippen molar-refractivity contribution in [3.63, 3.8) is 0 Å². The van der Waals surface area contributed by atoms with Crippen molar-refractivity contribution < 1.29 is 17.9 Å². The molecule has 2 unspecified atom stereocenters. The summed E-state index contributed by atoms with van der Waals surface area (Å²) in [7, 11) is -3.41. The van der Waals surface area contributed by atoms with Crippen molar-refractivity contribution in [1.82, 2.24) is 4.31 Å². The number of sulfonamides is 1. The van der Waals surface area contributed by atoms with Gasteiger partial charge < -0.3 is 4.74 Å². The zero-order valence-electron chi connectivity index (χ0n) is 14.7. The molecule has 25 heavy (non-hydrogen) atoms. The van der Waals surface area contributed by atoms with E-state index in [1.54, 1.807) is 17.5 Å². The van der Waals surface area contributed by atoms with Crippen LogP contribution in [0.4, 0.5) is 0 Å². The van der Waals surface area contributed by atoms with Crippen molar-refractivity contribution >= 4 is 27.3 Å². The maximum Gasteiger partial charge on any atom is 0.309 e. The number of carbonyl (C=O) groups is 1. The molecule has 2 atom stereocenters. The monoisotopic (exact) mass is 385 g/mol. The van der Waals surface area contributed by atoms with E-state index in [0.717, 1.165) is 25.7 Å². The summed E-state index contributed by atoms with van der Waals surface area (Å²) in [5.41, 5.74) is 0. The van der Waals surface area contributed by atoms with Gasteiger partial charge in [-0.2, -0.15) is 4.31 Å². The molecule has 0 spiro atoms. The van der Waals surface area contributed by atoms with Crippen LogP contribution in [0.5, 0.6) is 0 Å². The number of esters is 1. The third kappa shape index (κ3) is 4.26. The van der Waals surface area contributed by atoms with Gasteiger partial charge in [0.25, 0.3) is 10.0 Å². The zero-order valence-corrected chi connectivity index (χ0v) is 16.4. The minimum atomic E-state index is -3.41. The first-order chi connectivity index (χ1) is 12.0. The fourth-order valence-electron chi connectivity index (χ4n) is 3.91. The van der Waals surface area contributed by atoms with E-state index in [-0.39, 0.29) is 18.0 Å². The van der Waals surface area contributed by atoms with E-state index in [2.05, 4.69) is 6.92 Å². The van der Waals surface area contributed by atoms with Crippen LogP contribution in [0.1, 0.15) is 51.9 Å². The molecule has 2 aliphatic rings. The van der Waals surface area contributed by atoms with Gasteiger partial charge in [0.05, 0.1) is 5.92 Å². The molecule has 1 saturated carbocycles. The summed E-state index contributed by atoms with van der Waals surface area (Å²) >= 11 is 1.24. The number of thiophene rings is 1. The topological polar surface area (TPSA) is 63.7 Å². The minimum absolute atomic E-state index is 0.0548. The standard InChI is InChI=1S/C18H27NO4S2/c1-2-14-6-3-4-7-16(14)23-18(20)15-9-11-19(12-10-15)25(21,22)17-8-5-13-24-17/h5,8,13-16H,2-4,6-7,9-12H2,1H3. The third-order valence-electron chi connectivity index (χ3n) is 5.51. The lowest BCUT2D eigenvalue weighted by atomic mass is 9.84. The lowest BCUT2D eigenvalue weighted by Crippen LogP contribution is -2.41. The molecule has 0 radical (unpaired) electrons. The van der Waals surface area contributed by atoms with Gasteiger partial charge >= 0.3 is 5.97 Å². The highest BCUT2D eigenvalue weighted by Gasteiger charge is 2.35. The van der Waals surface area contributed by atoms with Gasteiger partial charge in [-0.15, -0.1) is 11.3 Å². The lowest BCUT2D eigenvalue weighted by Gasteiger charge is -2.34. The second kappa shape index (κ2) is 8.18. The van der Waals surface area contributed by atoms with Crippen LogP contribution in [-0.4, -0.2) is 37.9 Å². The van der Waals surface area contributed by atoms with Crippen LogP contribution < -0.4 is 0 Å². The summed E-state index contributed by atoms with van der Waals surface area (Å²) in [6.07, 6.45) is 6.67. The molecule has 1 saturated heterocycles. The molecule has 5 nitrogen and oxygen atoms in total. The van der Waals surface area contributed by atoms with E-state index in [1.165, 1.54) is 22.1 Å². The van der Waals surface area contributed by atoms with Crippen LogP contribution in [0.2, 0.25) is 0 Å².